The van der Waals surface area contributed by atoms with E-state index < -0.39 is 16.1 Å². The highest BCUT2D eigenvalue weighted by molar-refractivity contribution is 7.03. The summed E-state index contributed by atoms with van der Waals surface area (Å²) in [5.41, 5.74) is 14.8. The third-order valence-electron chi connectivity index (χ3n) is 15.2. The first-order chi connectivity index (χ1) is 33.3. The average molecular weight is 903 g/mol. The smallest absolute Gasteiger partial charge is 0.117 e. The monoisotopic (exact) mass is 902 g/mol. The Balaban J connectivity index is 1.10. The molecular weight excluding hydrogens is 853 g/mol. The van der Waals surface area contributed by atoms with Crippen LogP contribution in [-0.4, -0.2) is 16.1 Å². The normalized spacial score (nSPS) is 14.4. The van der Waals surface area contributed by atoms with Gasteiger partial charge in [0.25, 0.3) is 0 Å². The van der Waals surface area contributed by atoms with Gasteiger partial charge in [0.05, 0.1) is 0 Å². The van der Waals surface area contributed by atoms with Crippen molar-refractivity contribution in [1.29, 1.82) is 0 Å². The van der Waals surface area contributed by atoms with Gasteiger partial charge in [0.2, 0.25) is 0 Å². The maximum absolute atomic E-state index is 2.53. The third-order valence-corrected chi connectivity index (χ3v) is 22.3. The zero-order valence-corrected chi connectivity index (χ0v) is 40.8. The van der Waals surface area contributed by atoms with Crippen LogP contribution in [0.15, 0.2) is 231 Å². The molecule has 13 rings (SSSR count). The molecule has 0 bridgehead atoms. The molecule has 0 aromatic heterocycles. The first-order valence-electron chi connectivity index (χ1n) is 23.9. The number of fused-ring (bicyclic) bond motifs is 7. The van der Waals surface area contributed by atoms with Gasteiger partial charge in [-0.25, -0.2) is 0 Å². The molecule has 0 N–H and O–H groups in total. The predicted octanol–water partition coefficient (Wildman–Crippen LogP) is 15.4. The third kappa shape index (κ3) is 6.07. The fourth-order valence-corrected chi connectivity index (χ4v) is 17.9. The number of benzene rings is 11. The van der Waals surface area contributed by atoms with E-state index in [4.69, 9.17) is 0 Å². The minimum absolute atomic E-state index is 1.17. The average Bonchev–Trinajstić information content (AvgIpc) is 3.38. The molecule has 324 valence electrons. The number of nitrogens with zero attached hydrogens (tertiary/aromatic N) is 2. The number of para-hydroxylation sites is 4. The number of hydrogen-bond donors (Lipinski definition) is 0. The van der Waals surface area contributed by atoms with Crippen molar-refractivity contribution in [2.24, 2.45) is 0 Å². The molecule has 2 aliphatic rings. The Bertz CT molecular complexity index is 3710. The van der Waals surface area contributed by atoms with Crippen LogP contribution in [0.1, 0.15) is 0 Å². The van der Waals surface area contributed by atoms with E-state index >= 15 is 0 Å². The van der Waals surface area contributed by atoms with Crippen LogP contribution in [-0.2, 0) is 0 Å². The Kier molecular flexibility index (Phi) is 9.17. The molecule has 0 saturated heterocycles. The quantitative estimate of drug-likeness (QED) is 0.125. The van der Waals surface area contributed by atoms with E-state index in [9.17, 15) is 0 Å². The molecule has 68 heavy (non-hydrogen) atoms. The van der Waals surface area contributed by atoms with Crippen molar-refractivity contribution >= 4 is 103 Å². The second-order valence-electron chi connectivity index (χ2n) is 19.7. The van der Waals surface area contributed by atoms with Gasteiger partial charge >= 0.3 is 0 Å². The molecule has 0 saturated carbocycles. The van der Waals surface area contributed by atoms with Gasteiger partial charge in [0.15, 0.2) is 0 Å². The molecule has 11 aromatic carbocycles. The van der Waals surface area contributed by atoms with E-state index in [0.29, 0.717) is 0 Å². The Morgan fingerprint density at radius 2 is 0.662 bits per heavy atom. The number of rotatable bonds is 5. The van der Waals surface area contributed by atoms with Gasteiger partial charge in [-0.15, -0.1) is 0 Å². The van der Waals surface area contributed by atoms with E-state index in [1.54, 1.807) is 0 Å². The van der Waals surface area contributed by atoms with Crippen molar-refractivity contribution in [2.45, 2.75) is 26.2 Å². The number of anilines is 6. The largest absolute Gasteiger partial charge is 0.311 e. The van der Waals surface area contributed by atoms with Crippen molar-refractivity contribution in [3.05, 3.63) is 231 Å². The van der Waals surface area contributed by atoms with Gasteiger partial charge in [-0.2, -0.15) is 0 Å². The summed E-state index contributed by atoms with van der Waals surface area (Å²) in [6.07, 6.45) is 0. The highest BCUT2D eigenvalue weighted by Crippen LogP contribution is 2.49. The van der Waals surface area contributed by atoms with E-state index in [2.05, 4.69) is 267 Å². The maximum atomic E-state index is 2.53. The van der Waals surface area contributed by atoms with E-state index in [1.807, 2.05) is 0 Å². The molecule has 4 heteroatoms. The standard InChI is InChI=1S/C64H50N2Si2/c1-67(2)59-29-14-10-25-55(59)65(56-26-11-15-30-60(56)67)47-38-40-52-53(41-47)63(45-20-6-5-7-21-45)51-39-37-48(66-57-27-12-16-31-61(57)68(3,4)62-32-17-13-28-58(62)66)42-54(51)64(52)46-35-33-44(34-36-46)50-24-18-22-43-19-8-9-23-49(43)50/h5-42H,1-4H3. The van der Waals surface area contributed by atoms with Crippen LogP contribution in [0.3, 0.4) is 0 Å². The zero-order chi connectivity index (χ0) is 45.7. The summed E-state index contributed by atoms with van der Waals surface area (Å²) in [6, 6.07) is 86.8. The summed E-state index contributed by atoms with van der Waals surface area (Å²) < 4.78 is 0. The lowest BCUT2D eigenvalue weighted by Crippen LogP contribution is -2.58. The second kappa shape index (κ2) is 15.4. The van der Waals surface area contributed by atoms with Crippen LogP contribution in [0, 0.1) is 0 Å². The van der Waals surface area contributed by atoms with E-state index in [0.717, 1.165) is 0 Å². The minimum Gasteiger partial charge on any atom is -0.311 e. The van der Waals surface area contributed by atoms with Gasteiger partial charge in [0.1, 0.15) is 16.1 Å². The Morgan fingerprint density at radius 1 is 0.279 bits per heavy atom. The molecule has 2 heterocycles. The molecule has 2 aliphatic heterocycles. The second-order valence-corrected chi connectivity index (χ2v) is 28.3. The zero-order valence-electron chi connectivity index (χ0n) is 38.8. The Hall–Kier alpha value is -7.77. The van der Waals surface area contributed by atoms with Gasteiger partial charge in [0, 0.05) is 34.1 Å². The van der Waals surface area contributed by atoms with Crippen LogP contribution in [0.4, 0.5) is 34.1 Å². The van der Waals surface area contributed by atoms with Gasteiger partial charge in [-0.1, -0.05) is 208 Å². The minimum atomic E-state index is -1.98. The first-order valence-corrected chi connectivity index (χ1v) is 29.9. The fourth-order valence-electron chi connectivity index (χ4n) is 11.9. The fraction of sp³-hybridized carbons (Fsp3) is 0.0625. The molecule has 0 spiro atoms. The summed E-state index contributed by atoms with van der Waals surface area (Å²) >= 11 is 0. The van der Waals surface area contributed by atoms with Crippen LogP contribution in [0.2, 0.25) is 26.2 Å². The highest BCUT2D eigenvalue weighted by atomic mass is 28.3. The summed E-state index contributed by atoms with van der Waals surface area (Å²) in [5.74, 6) is 0. The van der Waals surface area contributed by atoms with E-state index in [1.165, 1.54) is 121 Å². The van der Waals surface area contributed by atoms with Gasteiger partial charge in [-0.05, 0) is 135 Å². The van der Waals surface area contributed by atoms with Crippen molar-refractivity contribution in [2.75, 3.05) is 9.80 Å². The van der Waals surface area contributed by atoms with Crippen LogP contribution in [0.25, 0.3) is 65.7 Å². The summed E-state index contributed by atoms with van der Waals surface area (Å²) in [4.78, 5) is 5.06. The Labute approximate surface area is 401 Å². The molecule has 11 aromatic rings. The lowest BCUT2D eigenvalue weighted by atomic mass is 9.85. The van der Waals surface area contributed by atoms with Gasteiger partial charge in [-0.3, -0.25) is 0 Å². The molecular formula is C64H50N2Si2. The highest BCUT2D eigenvalue weighted by Gasteiger charge is 2.40. The summed E-state index contributed by atoms with van der Waals surface area (Å²) in [7, 11) is -3.95. The lowest BCUT2D eigenvalue weighted by Gasteiger charge is -2.41. The summed E-state index contributed by atoms with van der Waals surface area (Å²) in [6.45, 7) is 9.99. The predicted molar refractivity (Wildman–Crippen MR) is 298 cm³/mol. The maximum Gasteiger partial charge on any atom is 0.117 e. The van der Waals surface area contributed by atoms with Crippen molar-refractivity contribution in [3.63, 3.8) is 0 Å². The molecule has 2 nitrogen and oxygen atoms in total. The molecule has 0 atom stereocenters. The van der Waals surface area contributed by atoms with Crippen LogP contribution >= 0.6 is 0 Å². The molecule has 0 fully saturated rings. The molecule has 0 unspecified atom stereocenters. The molecule has 0 aliphatic carbocycles. The molecule has 0 amide bonds. The van der Waals surface area contributed by atoms with Crippen LogP contribution in [0.5, 0.6) is 0 Å². The van der Waals surface area contributed by atoms with Crippen LogP contribution < -0.4 is 30.5 Å². The lowest BCUT2D eigenvalue weighted by molar-refractivity contribution is 1.29. The topological polar surface area (TPSA) is 6.48 Å². The van der Waals surface area contributed by atoms with Crippen molar-refractivity contribution < 1.29 is 0 Å². The molecule has 0 radical (unpaired) electrons. The van der Waals surface area contributed by atoms with Crippen molar-refractivity contribution in [3.8, 4) is 33.4 Å². The summed E-state index contributed by atoms with van der Waals surface area (Å²) in [5, 5.41) is 13.3. The van der Waals surface area contributed by atoms with E-state index in [-0.39, 0.29) is 0 Å². The van der Waals surface area contributed by atoms with Crippen molar-refractivity contribution in [1.82, 2.24) is 0 Å². The van der Waals surface area contributed by atoms with Gasteiger partial charge < -0.3 is 9.80 Å². The Morgan fingerprint density at radius 3 is 1.15 bits per heavy atom. The SMILES string of the molecule is C[Si]1(C)c2ccccc2N(c2ccc3c(-c4ccc(-c5cccc6ccccc56)cc4)c4cc(N5c6ccccc6[Si](C)(C)c6ccccc65)ccc4c(-c4ccccc4)c3c2)c2ccccc21. The first kappa shape index (κ1) is 40.5. The number of hydrogen-bond acceptors (Lipinski definition) is 2.